The molecule has 2 saturated heterocycles. The summed E-state index contributed by atoms with van der Waals surface area (Å²) in [5.41, 5.74) is 0.862. The maximum atomic E-state index is 14.5. The lowest BCUT2D eigenvalue weighted by atomic mass is 9.99. The average Bonchev–Trinajstić information content (AvgIpc) is 3.83. The van der Waals surface area contributed by atoms with Crippen molar-refractivity contribution in [1.82, 2.24) is 10.6 Å². The molecule has 1 saturated carbocycles. The summed E-state index contributed by atoms with van der Waals surface area (Å²) >= 11 is 0. The quantitative estimate of drug-likeness (QED) is 0.338. The van der Waals surface area contributed by atoms with E-state index in [1.807, 2.05) is 12.1 Å². The fraction of sp³-hybridized carbons (Fsp3) is 0.588. The summed E-state index contributed by atoms with van der Waals surface area (Å²) in [7, 11) is 0. The van der Waals surface area contributed by atoms with E-state index in [2.05, 4.69) is 10.6 Å². The van der Waals surface area contributed by atoms with E-state index in [-0.39, 0.29) is 17.6 Å². The molecule has 0 spiro atoms. The Labute approximate surface area is 255 Å². The molecular weight excluding hydrogens is 551 g/mol. The van der Waals surface area contributed by atoms with Crippen molar-refractivity contribution in [3.05, 3.63) is 58.9 Å². The molecule has 3 aliphatic rings. The van der Waals surface area contributed by atoms with Gasteiger partial charge in [-0.05, 0) is 134 Å². The Morgan fingerprint density at radius 1 is 0.930 bits per heavy atom. The van der Waals surface area contributed by atoms with Crippen LogP contribution in [-0.4, -0.2) is 63.0 Å². The van der Waals surface area contributed by atoms with Crippen molar-refractivity contribution >= 4 is 11.9 Å². The van der Waals surface area contributed by atoms with Gasteiger partial charge >= 0.3 is 11.9 Å². The van der Waals surface area contributed by atoms with Gasteiger partial charge in [0.15, 0.2) is 0 Å². The molecule has 9 heteroatoms. The highest BCUT2D eigenvalue weighted by molar-refractivity contribution is 5.90. The number of hydrogen-bond donors (Lipinski definition) is 2. The Morgan fingerprint density at radius 3 is 2.26 bits per heavy atom. The van der Waals surface area contributed by atoms with Gasteiger partial charge in [-0.1, -0.05) is 0 Å². The van der Waals surface area contributed by atoms with Crippen LogP contribution in [-0.2, 0) is 9.47 Å². The molecule has 236 valence electrons. The Balaban J connectivity index is 0.000000208. The lowest BCUT2D eigenvalue weighted by Crippen LogP contribution is -2.37. The molecule has 0 bridgehead atoms. The molecule has 8 nitrogen and oxygen atoms in total. The van der Waals surface area contributed by atoms with Crippen LogP contribution in [0.1, 0.15) is 98.4 Å². The molecule has 1 aliphatic carbocycles. The Morgan fingerprint density at radius 2 is 1.65 bits per heavy atom. The van der Waals surface area contributed by atoms with Gasteiger partial charge in [0.2, 0.25) is 0 Å². The number of hydrogen-bond acceptors (Lipinski definition) is 8. The molecular formula is C34H47FN2O6. The monoisotopic (exact) mass is 598 g/mol. The van der Waals surface area contributed by atoms with Crippen LogP contribution in [0.5, 0.6) is 11.5 Å². The first-order chi connectivity index (χ1) is 20.6. The predicted molar refractivity (Wildman–Crippen MR) is 164 cm³/mol. The molecule has 2 aliphatic heterocycles. The lowest BCUT2D eigenvalue weighted by Gasteiger charge is -2.24. The number of rotatable bonds is 9. The van der Waals surface area contributed by atoms with Gasteiger partial charge in [-0.25, -0.2) is 14.0 Å². The van der Waals surface area contributed by atoms with Crippen LogP contribution < -0.4 is 20.1 Å². The maximum absolute atomic E-state index is 14.5. The van der Waals surface area contributed by atoms with E-state index in [0.717, 1.165) is 76.0 Å². The molecule has 0 aromatic heterocycles. The minimum atomic E-state index is -0.645. The summed E-state index contributed by atoms with van der Waals surface area (Å²) in [6, 6.07) is 10.1. The van der Waals surface area contributed by atoms with Crippen LogP contribution in [0.2, 0.25) is 0 Å². The van der Waals surface area contributed by atoms with Gasteiger partial charge in [0, 0.05) is 12.6 Å². The lowest BCUT2D eigenvalue weighted by molar-refractivity contribution is 0.00642. The summed E-state index contributed by atoms with van der Waals surface area (Å²) in [6.07, 6.45) is 6.73. The van der Waals surface area contributed by atoms with Crippen molar-refractivity contribution in [2.24, 2.45) is 5.92 Å². The zero-order chi connectivity index (χ0) is 30.8. The number of benzene rings is 2. The van der Waals surface area contributed by atoms with Crippen LogP contribution in [0.4, 0.5) is 4.39 Å². The number of carbonyl (C=O) groups excluding carboxylic acids is 2. The van der Waals surface area contributed by atoms with Crippen molar-refractivity contribution in [3.63, 3.8) is 0 Å². The molecule has 2 heterocycles. The van der Waals surface area contributed by atoms with Gasteiger partial charge in [0.1, 0.15) is 29.0 Å². The topological polar surface area (TPSA) is 95.1 Å². The molecule has 2 N–H and O–H groups in total. The first-order valence-electron chi connectivity index (χ1n) is 15.7. The molecule has 5 rings (SSSR count). The van der Waals surface area contributed by atoms with E-state index in [9.17, 15) is 14.0 Å². The van der Waals surface area contributed by atoms with E-state index < -0.39 is 17.4 Å². The molecule has 43 heavy (non-hydrogen) atoms. The number of nitrogens with one attached hydrogen (secondary N) is 2. The van der Waals surface area contributed by atoms with Crippen molar-refractivity contribution in [1.29, 1.82) is 0 Å². The van der Waals surface area contributed by atoms with E-state index in [1.165, 1.54) is 6.07 Å². The number of halogens is 1. The molecule has 2 aromatic rings. The van der Waals surface area contributed by atoms with Crippen LogP contribution in [0.25, 0.3) is 0 Å². The first kappa shape index (κ1) is 32.7. The van der Waals surface area contributed by atoms with Gasteiger partial charge in [-0.3, -0.25) is 0 Å². The summed E-state index contributed by atoms with van der Waals surface area (Å²) in [5.74, 6) is 0.786. The highest BCUT2D eigenvalue weighted by Gasteiger charge is 2.31. The van der Waals surface area contributed by atoms with Gasteiger partial charge in [-0.15, -0.1) is 0 Å². The minimum Gasteiger partial charge on any atom is -0.493 e. The van der Waals surface area contributed by atoms with E-state index in [1.54, 1.807) is 45.9 Å². The summed E-state index contributed by atoms with van der Waals surface area (Å²) < 4.78 is 36.6. The van der Waals surface area contributed by atoms with Gasteiger partial charge in [0.25, 0.3) is 0 Å². The third kappa shape index (κ3) is 10.5. The Bertz CT molecular complexity index is 1200. The van der Waals surface area contributed by atoms with Gasteiger partial charge in [-0.2, -0.15) is 0 Å². The second kappa shape index (κ2) is 15.5. The highest BCUT2D eigenvalue weighted by atomic mass is 19.1. The van der Waals surface area contributed by atoms with Crippen LogP contribution >= 0.6 is 0 Å². The van der Waals surface area contributed by atoms with Crippen LogP contribution in [0.15, 0.2) is 36.4 Å². The van der Waals surface area contributed by atoms with Crippen molar-refractivity contribution in [2.75, 3.05) is 39.4 Å². The van der Waals surface area contributed by atoms with Crippen molar-refractivity contribution in [3.8, 4) is 11.5 Å². The molecule has 1 unspecified atom stereocenters. The first-order valence-corrected chi connectivity index (χ1v) is 15.7. The second-order valence-corrected chi connectivity index (χ2v) is 12.5. The molecule has 3 fully saturated rings. The number of piperidine rings is 2. The predicted octanol–water partition coefficient (Wildman–Crippen LogP) is 6.03. The summed E-state index contributed by atoms with van der Waals surface area (Å²) in [4.78, 5) is 23.8. The Kier molecular flexibility index (Phi) is 11.8. The van der Waals surface area contributed by atoms with Crippen LogP contribution in [0, 0.1) is 11.7 Å². The second-order valence-electron chi connectivity index (χ2n) is 12.5. The van der Waals surface area contributed by atoms with Crippen molar-refractivity contribution in [2.45, 2.75) is 83.8 Å². The third-order valence-corrected chi connectivity index (χ3v) is 7.59. The maximum Gasteiger partial charge on any atom is 0.341 e. The zero-order valence-corrected chi connectivity index (χ0v) is 26.0. The number of carbonyl (C=O) groups is 2. The Hall–Kier alpha value is -3.17. The number of esters is 2. The van der Waals surface area contributed by atoms with E-state index in [0.29, 0.717) is 36.4 Å². The van der Waals surface area contributed by atoms with Gasteiger partial charge in [0.05, 0.1) is 24.3 Å². The largest absolute Gasteiger partial charge is 0.493 e. The molecule has 1 atom stereocenters. The normalized spacial score (nSPS) is 19.0. The molecule has 2 aromatic carbocycles. The third-order valence-electron chi connectivity index (χ3n) is 7.59. The highest BCUT2D eigenvalue weighted by Crippen LogP contribution is 2.45. The summed E-state index contributed by atoms with van der Waals surface area (Å²) in [5, 5.41) is 6.64. The standard InChI is InChI=1S/C20H28FNO3.C14H19NO3/c1-20(2,3)25-19(23)16-10-15(14-4-5-14)18(11-17(16)21)24-12-13-6-8-22-9-7-13;1-2-17-14(16)11-5-7-12(8-6-11)18-13-4-3-9-15-10-13/h10-11,13-14,22H,4-9,12H2,1-3H3;5-8,13,15H,2-4,9-10H2,1H3. The fourth-order valence-corrected chi connectivity index (χ4v) is 5.15. The van der Waals surface area contributed by atoms with E-state index in [4.69, 9.17) is 18.9 Å². The zero-order valence-electron chi connectivity index (χ0n) is 26.0. The molecule has 0 radical (unpaired) electrons. The summed E-state index contributed by atoms with van der Waals surface area (Å²) in [6.45, 7) is 12.1. The fourth-order valence-electron chi connectivity index (χ4n) is 5.15. The smallest absolute Gasteiger partial charge is 0.341 e. The minimum absolute atomic E-state index is 0.00559. The SMILES string of the molecule is CC(C)(C)OC(=O)c1cc(C2CC2)c(OCC2CCNCC2)cc1F.CCOC(=O)c1ccc(OC2CCCNC2)cc1. The van der Waals surface area contributed by atoms with E-state index >= 15 is 0 Å². The van der Waals surface area contributed by atoms with Gasteiger partial charge < -0.3 is 29.6 Å². The average molecular weight is 599 g/mol. The molecule has 0 amide bonds. The number of ether oxygens (including phenoxy) is 4. The van der Waals surface area contributed by atoms with Crippen molar-refractivity contribution < 1.29 is 32.9 Å². The van der Waals surface area contributed by atoms with Crippen LogP contribution in [0.3, 0.4) is 0 Å².